The average molecular weight is 367 g/mol. The Morgan fingerprint density at radius 2 is 1.81 bits per heavy atom. The molecule has 1 N–H and O–H groups in total. The van der Waals surface area contributed by atoms with Gasteiger partial charge in [0.05, 0.1) is 35.7 Å². The van der Waals surface area contributed by atoms with Gasteiger partial charge in [0.1, 0.15) is 6.54 Å². The fourth-order valence-corrected chi connectivity index (χ4v) is 2.53. The summed E-state index contributed by atoms with van der Waals surface area (Å²) in [4.78, 5) is 39.9. The van der Waals surface area contributed by atoms with Crippen LogP contribution in [0, 0.1) is 0 Å². The predicted octanol–water partition coefficient (Wildman–Crippen LogP) is 2.00. The van der Waals surface area contributed by atoms with Crippen molar-refractivity contribution in [2.24, 2.45) is 0 Å². The number of esters is 2. The first-order chi connectivity index (χ1) is 13.1. The van der Waals surface area contributed by atoms with Crippen molar-refractivity contribution < 1.29 is 23.9 Å². The van der Waals surface area contributed by atoms with Gasteiger partial charge in [-0.2, -0.15) is 0 Å². The minimum atomic E-state index is -0.574. The molecule has 1 aromatic heterocycles. The van der Waals surface area contributed by atoms with Crippen molar-refractivity contribution in [3.8, 4) is 0 Å². The van der Waals surface area contributed by atoms with Crippen molar-refractivity contribution in [1.82, 2.24) is 9.55 Å². The second-order valence-electron chi connectivity index (χ2n) is 5.61. The minimum absolute atomic E-state index is 0.0630. The molecule has 0 spiro atoms. The van der Waals surface area contributed by atoms with Gasteiger partial charge in [-0.25, -0.2) is 9.78 Å². The second-order valence-corrected chi connectivity index (χ2v) is 5.61. The summed E-state index contributed by atoms with van der Waals surface area (Å²) < 4.78 is 11.3. The maximum absolute atomic E-state index is 12.0. The van der Waals surface area contributed by atoms with E-state index in [1.54, 1.807) is 29.1 Å². The van der Waals surface area contributed by atoms with Gasteiger partial charge in [0.15, 0.2) is 6.61 Å². The Morgan fingerprint density at radius 3 is 2.63 bits per heavy atom. The van der Waals surface area contributed by atoms with Gasteiger partial charge < -0.3 is 19.4 Å². The SMILES string of the molecule is COC(=O)c1ccccc1NC(=O)COC(=O)Cn1cnc2ccccc21. The molecule has 1 heterocycles. The summed E-state index contributed by atoms with van der Waals surface area (Å²) in [6.45, 7) is -0.534. The van der Waals surface area contributed by atoms with Crippen LogP contribution in [0.3, 0.4) is 0 Å². The molecule has 0 fully saturated rings. The number of carbonyl (C=O) groups is 3. The van der Waals surface area contributed by atoms with Crippen molar-refractivity contribution >= 4 is 34.6 Å². The molecule has 8 nitrogen and oxygen atoms in total. The highest BCUT2D eigenvalue weighted by Crippen LogP contribution is 2.16. The number of ether oxygens (including phenoxy) is 2. The average Bonchev–Trinajstić information content (AvgIpc) is 3.09. The van der Waals surface area contributed by atoms with Crippen LogP contribution >= 0.6 is 0 Å². The largest absolute Gasteiger partial charge is 0.465 e. The number of amides is 1. The van der Waals surface area contributed by atoms with Crippen LogP contribution in [-0.2, 0) is 25.6 Å². The topological polar surface area (TPSA) is 99.5 Å². The first-order valence-electron chi connectivity index (χ1n) is 8.11. The number of anilines is 1. The molecular weight excluding hydrogens is 350 g/mol. The molecule has 0 saturated carbocycles. The van der Waals surface area contributed by atoms with Crippen molar-refractivity contribution in [2.45, 2.75) is 6.54 Å². The first kappa shape index (κ1) is 18.1. The Hall–Kier alpha value is -3.68. The smallest absolute Gasteiger partial charge is 0.339 e. The van der Waals surface area contributed by atoms with E-state index in [1.807, 2.05) is 24.3 Å². The molecule has 0 atom stereocenters. The van der Waals surface area contributed by atoms with Crippen LogP contribution in [0.1, 0.15) is 10.4 Å². The summed E-state index contributed by atoms with van der Waals surface area (Å²) in [6, 6.07) is 13.8. The molecule has 8 heteroatoms. The molecule has 0 aliphatic rings. The number of hydrogen-bond donors (Lipinski definition) is 1. The minimum Gasteiger partial charge on any atom is -0.465 e. The third-order valence-electron chi connectivity index (χ3n) is 3.80. The van der Waals surface area contributed by atoms with Gasteiger partial charge in [-0.1, -0.05) is 24.3 Å². The van der Waals surface area contributed by atoms with Crippen LogP contribution < -0.4 is 5.32 Å². The number of nitrogens with one attached hydrogen (secondary N) is 1. The van der Waals surface area contributed by atoms with Gasteiger partial charge in [-0.3, -0.25) is 9.59 Å². The molecule has 0 radical (unpaired) electrons. The number of nitrogens with zero attached hydrogens (tertiary/aromatic N) is 2. The maximum atomic E-state index is 12.0. The fraction of sp³-hybridized carbons (Fsp3) is 0.158. The van der Waals surface area contributed by atoms with E-state index in [2.05, 4.69) is 15.0 Å². The first-order valence-corrected chi connectivity index (χ1v) is 8.11. The molecule has 0 aliphatic carbocycles. The number of aromatic nitrogens is 2. The van der Waals surface area contributed by atoms with Crippen molar-refractivity contribution in [2.75, 3.05) is 19.0 Å². The zero-order valence-electron chi connectivity index (χ0n) is 14.5. The predicted molar refractivity (Wildman–Crippen MR) is 97.1 cm³/mol. The van der Waals surface area contributed by atoms with E-state index in [1.165, 1.54) is 13.2 Å². The zero-order chi connectivity index (χ0) is 19.2. The Labute approximate surface area is 154 Å². The molecule has 2 aromatic carbocycles. The van der Waals surface area contributed by atoms with Crippen LogP contribution in [0.4, 0.5) is 5.69 Å². The number of carbonyl (C=O) groups excluding carboxylic acids is 3. The van der Waals surface area contributed by atoms with Crippen molar-refractivity contribution in [1.29, 1.82) is 0 Å². The third-order valence-corrected chi connectivity index (χ3v) is 3.80. The number of para-hydroxylation sites is 3. The van der Waals surface area contributed by atoms with Crippen LogP contribution in [0.25, 0.3) is 11.0 Å². The van der Waals surface area contributed by atoms with Gasteiger partial charge >= 0.3 is 11.9 Å². The summed E-state index contributed by atoms with van der Waals surface area (Å²) >= 11 is 0. The molecule has 3 rings (SSSR count). The number of methoxy groups -OCH3 is 1. The van der Waals surface area contributed by atoms with E-state index in [-0.39, 0.29) is 17.8 Å². The van der Waals surface area contributed by atoms with Crippen LogP contribution in [0.15, 0.2) is 54.9 Å². The van der Waals surface area contributed by atoms with Crippen molar-refractivity contribution in [3.63, 3.8) is 0 Å². The molecule has 0 bridgehead atoms. The van der Waals surface area contributed by atoms with Gasteiger partial charge in [-0.15, -0.1) is 0 Å². The molecule has 3 aromatic rings. The Bertz CT molecular complexity index is 996. The van der Waals surface area contributed by atoms with E-state index in [4.69, 9.17) is 4.74 Å². The molecule has 0 unspecified atom stereocenters. The number of fused-ring (bicyclic) bond motifs is 1. The van der Waals surface area contributed by atoms with Crippen molar-refractivity contribution in [3.05, 3.63) is 60.4 Å². The second kappa shape index (κ2) is 8.13. The van der Waals surface area contributed by atoms with Gasteiger partial charge in [0, 0.05) is 0 Å². The van der Waals surface area contributed by atoms with Gasteiger partial charge in [-0.05, 0) is 24.3 Å². The highest BCUT2D eigenvalue weighted by Gasteiger charge is 2.15. The quantitative estimate of drug-likeness (QED) is 0.669. The molecule has 0 saturated heterocycles. The summed E-state index contributed by atoms with van der Waals surface area (Å²) in [5.74, 6) is -1.71. The molecule has 0 aliphatic heterocycles. The lowest BCUT2D eigenvalue weighted by atomic mass is 10.2. The molecular formula is C19H17N3O5. The van der Waals surface area contributed by atoms with Crippen LogP contribution in [0.5, 0.6) is 0 Å². The Kier molecular flexibility index (Phi) is 5.46. The third kappa shape index (κ3) is 4.30. The van der Waals surface area contributed by atoms with Crippen LogP contribution in [0.2, 0.25) is 0 Å². The van der Waals surface area contributed by atoms with E-state index < -0.39 is 24.5 Å². The van der Waals surface area contributed by atoms with Gasteiger partial charge in [0.2, 0.25) is 0 Å². The highest BCUT2D eigenvalue weighted by molar-refractivity contribution is 6.01. The molecule has 1 amide bonds. The molecule has 138 valence electrons. The Balaban J connectivity index is 1.56. The summed E-state index contributed by atoms with van der Waals surface area (Å²) in [5, 5.41) is 2.53. The van der Waals surface area contributed by atoms with Crippen LogP contribution in [-0.4, -0.2) is 41.1 Å². The summed E-state index contributed by atoms with van der Waals surface area (Å²) in [5.41, 5.74) is 2.06. The summed E-state index contributed by atoms with van der Waals surface area (Å²) in [6.07, 6.45) is 1.54. The number of hydrogen-bond acceptors (Lipinski definition) is 6. The lowest BCUT2D eigenvalue weighted by Gasteiger charge is -2.10. The van der Waals surface area contributed by atoms with E-state index >= 15 is 0 Å². The highest BCUT2D eigenvalue weighted by atomic mass is 16.5. The Morgan fingerprint density at radius 1 is 1.07 bits per heavy atom. The molecule has 27 heavy (non-hydrogen) atoms. The monoisotopic (exact) mass is 367 g/mol. The van der Waals surface area contributed by atoms with E-state index in [0.29, 0.717) is 0 Å². The normalized spacial score (nSPS) is 10.4. The maximum Gasteiger partial charge on any atom is 0.339 e. The number of rotatable bonds is 6. The van der Waals surface area contributed by atoms with E-state index in [0.717, 1.165) is 11.0 Å². The standard InChI is InChI=1S/C19H17N3O5/c1-26-19(25)13-6-2-3-7-14(13)21-17(23)11-27-18(24)10-22-12-20-15-8-4-5-9-16(15)22/h2-9,12H,10-11H2,1H3,(H,21,23). The summed E-state index contributed by atoms with van der Waals surface area (Å²) in [7, 11) is 1.25. The number of imidazole rings is 1. The lowest BCUT2D eigenvalue weighted by molar-refractivity contribution is -0.147. The fourth-order valence-electron chi connectivity index (χ4n) is 2.53. The number of benzene rings is 2. The zero-order valence-corrected chi connectivity index (χ0v) is 14.5. The van der Waals surface area contributed by atoms with E-state index in [9.17, 15) is 14.4 Å². The van der Waals surface area contributed by atoms with Gasteiger partial charge in [0.25, 0.3) is 5.91 Å². The lowest BCUT2D eigenvalue weighted by Crippen LogP contribution is -2.23.